The Balaban J connectivity index is 0.000000360. The summed E-state index contributed by atoms with van der Waals surface area (Å²) in [6.45, 7) is 3.14. The summed E-state index contributed by atoms with van der Waals surface area (Å²) in [5, 5.41) is 7.12. The molecule has 0 unspecified atom stereocenters. The van der Waals surface area contributed by atoms with Gasteiger partial charge in [-0.05, 0) is 43.7 Å². The van der Waals surface area contributed by atoms with Crippen LogP contribution >= 0.6 is 0 Å². The largest absolute Gasteiger partial charge is 0.490 e. The van der Waals surface area contributed by atoms with Crippen LogP contribution in [-0.4, -0.2) is 82.2 Å². The number of carbonyl (C=O) groups excluding carboxylic acids is 2. The van der Waals surface area contributed by atoms with Crippen LogP contribution in [0.15, 0.2) is 24.4 Å². The first kappa shape index (κ1) is 24.0. The standard InChI is InChI=1S/C19H25N3O3.C2HF3O2/c23-17(11-16-3-1-2-8-20-16)21-9-6-19(7-10-21)14-22(12-15-4-5-15)18(24)13-25-19;3-2(4,5)1(6)7/h1-3,8,15H,4-7,9-14H2;(H,6,7). The van der Waals surface area contributed by atoms with E-state index in [2.05, 4.69) is 4.98 Å². The molecule has 3 heterocycles. The summed E-state index contributed by atoms with van der Waals surface area (Å²) in [5.41, 5.74) is 0.549. The lowest BCUT2D eigenvalue weighted by molar-refractivity contribution is -0.192. The predicted molar refractivity (Wildman–Crippen MR) is 105 cm³/mol. The molecule has 3 aliphatic rings. The van der Waals surface area contributed by atoms with Gasteiger partial charge in [0.05, 0.1) is 12.0 Å². The molecule has 2 saturated heterocycles. The Morgan fingerprint density at radius 1 is 1.22 bits per heavy atom. The number of hydrogen-bond donors (Lipinski definition) is 1. The van der Waals surface area contributed by atoms with Crippen molar-refractivity contribution in [3.05, 3.63) is 30.1 Å². The van der Waals surface area contributed by atoms with Crippen molar-refractivity contribution in [1.29, 1.82) is 0 Å². The molecular weight excluding hydrogens is 431 g/mol. The van der Waals surface area contributed by atoms with E-state index in [0.29, 0.717) is 32.0 Å². The van der Waals surface area contributed by atoms with Gasteiger partial charge in [-0.2, -0.15) is 13.2 Å². The molecule has 1 aromatic rings. The van der Waals surface area contributed by atoms with Crippen LogP contribution in [0.1, 0.15) is 31.4 Å². The molecule has 4 rings (SSSR count). The summed E-state index contributed by atoms with van der Waals surface area (Å²) in [7, 11) is 0. The van der Waals surface area contributed by atoms with E-state index in [0.717, 1.165) is 25.1 Å². The van der Waals surface area contributed by atoms with E-state index in [-0.39, 0.29) is 24.0 Å². The van der Waals surface area contributed by atoms with Gasteiger partial charge in [-0.3, -0.25) is 14.6 Å². The van der Waals surface area contributed by atoms with E-state index in [9.17, 15) is 22.8 Å². The Morgan fingerprint density at radius 2 is 1.88 bits per heavy atom. The fraction of sp³-hybridized carbons (Fsp3) is 0.619. The minimum Gasteiger partial charge on any atom is -0.475 e. The van der Waals surface area contributed by atoms with Crippen molar-refractivity contribution in [2.75, 3.05) is 32.8 Å². The second-order valence-electron chi connectivity index (χ2n) is 8.37. The number of piperidine rings is 1. The van der Waals surface area contributed by atoms with Crippen molar-refractivity contribution in [3.63, 3.8) is 0 Å². The highest BCUT2D eigenvalue weighted by Crippen LogP contribution is 2.34. The number of pyridine rings is 1. The van der Waals surface area contributed by atoms with E-state index < -0.39 is 12.1 Å². The molecule has 176 valence electrons. The zero-order valence-electron chi connectivity index (χ0n) is 17.5. The van der Waals surface area contributed by atoms with Crippen LogP contribution in [0.3, 0.4) is 0 Å². The molecule has 2 amide bonds. The first-order chi connectivity index (χ1) is 15.1. The summed E-state index contributed by atoms with van der Waals surface area (Å²) in [6, 6.07) is 5.64. The zero-order valence-corrected chi connectivity index (χ0v) is 17.5. The molecule has 8 nitrogen and oxygen atoms in total. The number of hydrogen-bond acceptors (Lipinski definition) is 5. The van der Waals surface area contributed by atoms with Gasteiger partial charge >= 0.3 is 12.1 Å². The van der Waals surface area contributed by atoms with Crippen LogP contribution in [0.2, 0.25) is 0 Å². The Kier molecular flexibility index (Phi) is 7.37. The van der Waals surface area contributed by atoms with Crippen molar-refractivity contribution in [2.45, 2.75) is 43.9 Å². The predicted octanol–water partition coefficient (Wildman–Crippen LogP) is 1.89. The molecule has 0 radical (unpaired) electrons. The van der Waals surface area contributed by atoms with Crippen LogP contribution in [0.5, 0.6) is 0 Å². The number of carboxylic acids is 1. The molecular formula is C21H26F3N3O5. The molecule has 1 N–H and O–H groups in total. The topological polar surface area (TPSA) is 100 Å². The fourth-order valence-corrected chi connectivity index (χ4v) is 3.80. The van der Waals surface area contributed by atoms with Gasteiger partial charge in [0, 0.05) is 38.1 Å². The smallest absolute Gasteiger partial charge is 0.475 e. The molecule has 2 aliphatic heterocycles. The molecule has 0 atom stereocenters. The van der Waals surface area contributed by atoms with E-state index >= 15 is 0 Å². The summed E-state index contributed by atoms with van der Waals surface area (Å²) >= 11 is 0. The Morgan fingerprint density at radius 3 is 2.41 bits per heavy atom. The molecule has 32 heavy (non-hydrogen) atoms. The van der Waals surface area contributed by atoms with Crippen LogP contribution in [-0.2, 0) is 25.5 Å². The number of amides is 2. The van der Waals surface area contributed by atoms with Gasteiger partial charge in [0.2, 0.25) is 11.8 Å². The van der Waals surface area contributed by atoms with E-state index in [4.69, 9.17) is 14.6 Å². The van der Waals surface area contributed by atoms with Crippen molar-refractivity contribution >= 4 is 17.8 Å². The third-order valence-electron chi connectivity index (χ3n) is 5.84. The van der Waals surface area contributed by atoms with E-state index in [1.165, 1.54) is 12.8 Å². The normalized spacial score (nSPS) is 20.5. The molecule has 0 aromatic carbocycles. The average Bonchev–Trinajstić information content (AvgIpc) is 3.56. The fourth-order valence-electron chi connectivity index (χ4n) is 3.80. The van der Waals surface area contributed by atoms with Crippen LogP contribution in [0, 0.1) is 5.92 Å². The number of likely N-dealkylation sites (tertiary alicyclic amines) is 1. The molecule has 1 saturated carbocycles. The molecule has 0 bridgehead atoms. The number of alkyl halides is 3. The number of halogens is 3. The van der Waals surface area contributed by atoms with Gasteiger partial charge in [0.15, 0.2) is 0 Å². The molecule has 1 spiro atoms. The van der Waals surface area contributed by atoms with E-state index in [1.807, 2.05) is 28.0 Å². The lowest BCUT2D eigenvalue weighted by Gasteiger charge is -2.47. The van der Waals surface area contributed by atoms with Gasteiger partial charge in [-0.25, -0.2) is 4.79 Å². The van der Waals surface area contributed by atoms with Crippen LogP contribution in [0.4, 0.5) is 13.2 Å². The number of carbonyl (C=O) groups is 3. The lowest BCUT2D eigenvalue weighted by Crippen LogP contribution is -2.59. The van der Waals surface area contributed by atoms with Crippen molar-refractivity contribution in [2.24, 2.45) is 5.92 Å². The summed E-state index contributed by atoms with van der Waals surface area (Å²) in [4.78, 5) is 41.6. The van der Waals surface area contributed by atoms with Gasteiger partial charge in [-0.15, -0.1) is 0 Å². The third-order valence-corrected chi connectivity index (χ3v) is 5.84. The highest BCUT2D eigenvalue weighted by atomic mass is 19.4. The van der Waals surface area contributed by atoms with Crippen molar-refractivity contribution in [3.8, 4) is 0 Å². The van der Waals surface area contributed by atoms with Crippen LogP contribution in [0.25, 0.3) is 0 Å². The summed E-state index contributed by atoms with van der Waals surface area (Å²) in [5.74, 6) is -1.83. The number of aliphatic carboxylic acids is 1. The molecule has 3 fully saturated rings. The highest BCUT2D eigenvalue weighted by Gasteiger charge is 2.44. The Bertz CT molecular complexity index is 822. The quantitative estimate of drug-likeness (QED) is 0.741. The summed E-state index contributed by atoms with van der Waals surface area (Å²) in [6.07, 6.45) is 1.07. The van der Waals surface area contributed by atoms with Gasteiger partial charge in [0.25, 0.3) is 0 Å². The first-order valence-electron chi connectivity index (χ1n) is 10.5. The maximum Gasteiger partial charge on any atom is 0.490 e. The second kappa shape index (κ2) is 9.85. The molecule has 1 aliphatic carbocycles. The van der Waals surface area contributed by atoms with Gasteiger partial charge < -0.3 is 19.6 Å². The number of carboxylic acid groups (broad SMARTS) is 1. The maximum absolute atomic E-state index is 12.5. The number of ether oxygens (including phenoxy) is 1. The number of nitrogens with zero attached hydrogens (tertiary/aromatic N) is 3. The second-order valence-corrected chi connectivity index (χ2v) is 8.37. The van der Waals surface area contributed by atoms with Crippen molar-refractivity contribution in [1.82, 2.24) is 14.8 Å². The third kappa shape index (κ3) is 6.65. The first-order valence-corrected chi connectivity index (χ1v) is 10.5. The van der Waals surface area contributed by atoms with Crippen molar-refractivity contribution < 1.29 is 37.4 Å². The molecule has 1 aromatic heterocycles. The Labute approximate surface area is 183 Å². The van der Waals surface area contributed by atoms with Gasteiger partial charge in [-0.1, -0.05) is 6.07 Å². The minimum atomic E-state index is -5.08. The monoisotopic (exact) mass is 457 g/mol. The number of aromatic nitrogens is 1. The van der Waals surface area contributed by atoms with Crippen LogP contribution < -0.4 is 0 Å². The Hall–Kier alpha value is -2.69. The average molecular weight is 457 g/mol. The molecule has 11 heteroatoms. The summed E-state index contributed by atoms with van der Waals surface area (Å²) < 4.78 is 37.7. The maximum atomic E-state index is 12.5. The van der Waals surface area contributed by atoms with Gasteiger partial charge in [0.1, 0.15) is 6.61 Å². The zero-order chi connectivity index (χ0) is 23.4. The highest BCUT2D eigenvalue weighted by molar-refractivity contribution is 5.79. The number of rotatable bonds is 4. The number of morpholine rings is 1. The van der Waals surface area contributed by atoms with E-state index in [1.54, 1.807) is 6.20 Å². The SMILES string of the molecule is O=C(Cc1ccccn1)N1CCC2(CC1)CN(CC1CC1)C(=O)CO2.O=C(O)C(F)(F)F. The minimum absolute atomic E-state index is 0.117. The lowest BCUT2D eigenvalue weighted by atomic mass is 9.89.